The lowest BCUT2D eigenvalue weighted by atomic mass is 9.93. The van der Waals surface area contributed by atoms with Crippen molar-refractivity contribution >= 4 is 29.1 Å². The van der Waals surface area contributed by atoms with E-state index >= 15 is 0 Å². The van der Waals surface area contributed by atoms with Crippen LogP contribution in [-0.4, -0.2) is 40.4 Å². The Labute approximate surface area is 187 Å². The van der Waals surface area contributed by atoms with Crippen molar-refractivity contribution in [1.82, 2.24) is 9.88 Å². The van der Waals surface area contributed by atoms with Gasteiger partial charge in [0, 0.05) is 18.4 Å². The second kappa shape index (κ2) is 8.34. The number of rotatable bonds is 3. The van der Waals surface area contributed by atoms with Gasteiger partial charge >= 0.3 is 6.03 Å². The number of hydrogen-bond acceptors (Lipinski definition) is 4. The van der Waals surface area contributed by atoms with E-state index in [1.807, 2.05) is 66.4 Å². The van der Waals surface area contributed by atoms with E-state index in [9.17, 15) is 4.79 Å². The van der Waals surface area contributed by atoms with E-state index < -0.39 is 5.54 Å². The van der Waals surface area contributed by atoms with Gasteiger partial charge in [-0.25, -0.2) is 9.78 Å². The lowest BCUT2D eigenvalue weighted by molar-refractivity contribution is 0.221. The Hall–Kier alpha value is -3.87. The molecule has 1 aromatic heterocycles. The molecule has 7 nitrogen and oxygen atoms in total. The fourth-order valence-corrected chi connectivity index (χ4v) is 4.30. The van der Waals surface area contributed by atoms with Gasteiger partial charge in [-0.15, -0.1) is 0 Å². The maximum atomic E-state index is 13.0. The molecule has 1 atom stereocenters. The van der Waals surface area contributed by atoms with Crippen LogP contribution < -0.4 is 16.0 Å². The molecule has 2 amide bonds. The molecule has 3 aromatic rings. The third-order valence-corrected chi connectivity index (χ3v) is 5.96. The number of aryl methyl sites for hydroxylation is 1. The van der Waals surface area contributed by atoms with E-state index in [0.717, 1.165) is 40.6 Å². The predicted molar refractivity (Wildman–Crippen MR) is 128 cm³/mol. The molecule has 0 saturated carbocycles. The summed E-state index contributed by atoms with van der Waals surface area (Å²) in [6.07, 6.45) is 2.51. The molecule has 3 N–H and O–H groups in total. The first kappa shape index (κ1) is 20.1. The molecule has 7 heteroatoms. The van der Waals surface area contributed by atoms with E-state index in [1.165, 1.54) is 0 Å². The second-order valence-electron chi connectivity index (χ2n) is 8.35. The Balaban J connectivity index is 1.39. The molecule has 162 valence electrons. The molecule has 1 unspecified atom stereocenters. The highest BCUT2D eigenvalue weighted by Gasteiger charge is 2.47. The summed E-state index contributed by atoms with van der Waals surface area (Å²) in [5.74, 6) is 1.58. The highest BCUT2D eigenvalue weighted by molar-refractivity contribution is 6.09. The zero-order valence-electron chi connectivity index (χ0n) is 18.0. The highest BCUT2D eigenvalue weighted by atomic mass is 16.2. The van der Waals surface area contributed by atoms with Gasteiger partial charge in [-0.1, -0.05) is 42.5 Å². The summed E-state index contributed by atoms with van der Waals surface area (Å²) in [4.78, 5) is 24.2. The molecule has 2 aromatic carbocycles. The summed E-state index contributed by atoms with van der Waals surface area (Å²) in [7, 11) is 0. The van der Waals surface area contributed by atoms with Gasteiger partial charge in [0.15, 0.2) is 5.82 Å². The van der Waals surface area contributed by atoms with Crippen LogP contribution in [0.25, 0.3) is 0 Å². The number of urea groups is 1. The Morgan fingerprint density at radius 3 is 2.88 bits per heavy atom. The molecule has 32 heavy (non-hydrogen) atoms. The average Bonchev–Trinajstić information content (AvgIpc) is 3.23. The number of fused-ring (bicyclic) bond motifs is 1. The van der Waals surface area contributed by atoms with Crippen LogP contribution in [0.15, 0.2) is 77.9 Å². The second-order valence-corrected chi connectivity index (χ2v) is 8.35. The molecular weight excluding hydrogens is 400 g/mol. The number of pyridine rings is 1. The first-order chi connectivity index (χ1) is 15.6. The molecular formula is C25H26N6O. The quantitative estimate of drug-likeness (QED) is 0.576. The van der Waals surface area contributed by atoms with Crippen LogP contribution in [0.4, 0.5) is 22.0 Å². The van der Waals surface area contributed by atoms with Crippen molar-refractivity contribution in [2.45, 2.75) is 25.4 Å². The molecule has 5 rings (SSSR count). The van der Waals surface area contributed by atoms with Crippen LogP contribution in [0.2, 0.25) is 0 Å². The minimum absolute atomic E-state index is 0.103. The van der Waals surface area contributed by atoms with Crippen molar-refractivity contribution in [1.29, 1.82) is 0 Å². The summed E-state index contributed by atoms with van der Waals surface area (Å²) >= 11 is 0. The molecule has 0 aliphatic carbocycles. The van der Waals surface area contributed by atoms with Crippen molar-refractivity contribution in [2.75, 3.05) is 29.0 Å². The molecule has 0 radical (unpaired) electrons. The number of amides is 2. The van der Waals surface area contributed by atoms with Crippen LogP contribution in [0.3, 0.4) is 0 Å². The largest absolute Gasteiger partial charge is 0.368 e. The van der Waals surface area contributed by atoms with Crippen LogP contribution in [-0.2, 0) is 6.54 Å². The molecule has 2 aliphatic rings. The van der Waals surface area contributed by atoms with Crippen molar-refractivity contribution < 1.29 is 4.79 Å². The number of carbonyl (C=O) groups excluding carboxylic acids is 1. The molecule has 1 spiro atoms. The van der Waals surface area contributed by atoms with Gasteiger partial charge < -0.3 is 20.9 Å². The smallest absolute Gasteiger partial charge is 0.321 e. The van der Waals surface area contributed by atoms with Crippen molar-refractivity contribution in [2.24, 2.45) is 4.99 Å². The number of anilines is 3. The van der Waals surface area contributed by atoms with Crippen LogP contribution in [0.5, 0.6) is 0 Å². The van der Waals surface area contributed by atoms with E-state index in [0.29, 0.717) is 19.6 Å². The van der Waals surface area contributed by atoms with Gasteiger partial charge in [0.05, 0.1) is 18.8 Å². The molecule has 0 bridgehead atoms. The summed E-state index contributed by atoms with van der Waals surface area (Å²) in [5.41, 5.74) is 3.49. The van der Waals surface area contributed by atoms with Crippen molar-refractivity contribution in [3.63, 3.8) is 0 Å². The lowest BCUT2D eigenvalue weighted by Gasteiger charge is -2.38. The number of likely N-dealkylation sites (tertiary alicyclic amines) is 1. The van der Waals surface area contributed by atoms with Gasteiger partial charge in [0.25, 0.3) is 0 Å². The standard InChI is InChI=1S/C25H26N6O/c1-18-7-5-10-20(15-18)28-24(32)31-14-12-25(17-31)23(27-16-19-8-3-2-4-9-19)29-22-21(30-25)11-6-13-26-22/h2-11,13,15,30H,12,14,16-17H2,1H3,(H,28,32)(H,26,27,29). The van der Waals surface area contributed by atoms with Gasteiger partial charge in [-0.05, 0) is 48.7 Å². The van der Waals surface area contributed by atoms with Gasteiger partial charge in [-0.3, -0.25) is 4.99 Å². The fourth-order valence-electron chi connectivity index (χ4n) is 4.30. The maximum Gasteiger partial charge on any atom is 0.321 e. The minimum Gasteiger partial charge on any atom is -0.368 e. The number of nitrogens with zero attached hydrogens (tertiary/aromatic N) is 3. The van der Waals surface area contributed by atoms with Gasteiger partial charge in [-0.2, -0.15) is 0 Å². The number of amidine groups is 1. The predicted octanol–water partition coefficient (Wildman–Crippen LogP) is 4.50. The maximum absolute atomic E-state index is 13.0. The molecule has 1 saturated heterocycles. The number of aromatic nitrogens is 1. The summed E-state index contributed by atoms with van der Waals surface area (Å²) < 4.78 is 0. The summed E-state index contributed by atoms with van der Waals surface area (Å²) in [6, 6.07) is 21.8. The van der Waals surface area contributed by atoms with Crippen LogP contribution in [0.1, 0.15) is 17.5 Å². The minimum atomic E-state index is -0.477. The van der Waals surface area contributed by atoms with E-state index in [2.05, 4.69) is 33.1 Å². The monoisotopic (exact) mass is 426 g/mol. The lowest BCUT2D eigenvalue weighted by Crippen LogP contribution is -2.55. The Bertz CT molecular complexity index is 1160. The average molecular weight is 427 g/mol. The zero-order chi connectivity index (χ0) is 22.0. The summed E-state index contributed by atoms with van der Waals surface area (Å²) in [6.45, 7) is 3.72. The number of nitrogens with one attached hydrogen (secondary N) is 3. The Morgan fingerprint density at radius 1 is 1.16 bits per heavy atom. The zero-order valence-corrected chi connectivity index (χ0v) is 18.0. The first-order valence-corrected chi connectivity index (χ1v) is 10.8. The van der Waals surface area contributed by atoms with Crippen LogP contribution >= 0.6 is 0 Å². The first-order valence-electron chi connectivity index (χ1n) is 10.8. The van der Waals surface area contributed by atoms with E-state index in [-0.39, 0.29) is 6.03 Å². The van der Waals surface area contributed by atoms with Gasteiger partial charge in [0.2, 0.25) is 0 Å². The SMILES string of the molecule is Cc1cccc(NC(=O)N2CCC3(C2)Nc2cccnc2NC3=NCc2ccccc2)c1. The number of carbonyl (C=O) groups is 1. The van der Waals surface area contributed by atoms with Gasteiger partial charge in [0.1, 0.15) is 11.4 Å². The summed E-state index contributed by atoms with van der Waals surface area (Å²) in [5, 5.41) is 10.1. The number of aliphatic imine (C=N–C) groups is 1. The third kappa shape index (κ3) is 4.01. The number of hydrogen-bond donors (Lipinski definition) is 3. The number of benzene rings is 2. The van der Waals surface area contributed by atoms with E-state index in [1.54, 1.807) is 6.20 Å². The fraction of sp³-hybridized carbons (Fsp3) is 0.240. The molecule has 2 aliphatic heterocycles. The highest BCUT2D eigenvalue weighted by Crippen LogP contribution is 2.35. The molecule has 1 fully saturated rings. The Kier molecular flexibility index (Phi) is 5.23. The van der Waals surface area contributed by atoms with E-state index in [4.69, 9.17) is 4.99 Å². The molecule has 3 heterocycles. The normalized spacial score (nSPS) is 20.5. The third-order valence-electron chi connectivity index (χ3n) is 5.96. The topological polar surface area (TPSA) is 81.7 Å². The van der Waals surface area contributed by atoms with Crippen LogP contribution in [0, 0.1) is 6.92 Å². The Morgan fingerprint density at radius 2 is 2.03 bits per heavy atom. The van der Waals surface area contributed by atoms with Crippen molar-refractivity contribution in [3.8, 4) is 0 Å². The van der Waals surface area contributed by atoms with Crippen molar-refractivity contribution in [3.05, 3.63) is 84.1 Å².